The van der Waals surface area contributed by atoms with Gasteiger partial charge in [-0.3, -0.25) is 4.79 Å². The lowest BCUT2D eigenvalue weighted by atomic mass is 10.1. The fourth-order valence-electron chi connectivity index (χ4n) is 1.09. The topological polar surface area (TPSA) is 52.3 Å². The summed E-state index contributed by atoms with van der Waals surface area (Å²) in [7, 11) is 1.34. The quantitative estimate of drug-likeness (QED) is 0.837. The molecule has 0 amide bonds. The fraction of sp³-hybridized carbons (Fsp3) is 0.300. The average Bonchev–Trinajstić information content (AvgIpc) is 2.18. The maximum atomic E-state index is 10.9. The first-order chi connectivity index (χ1) is 6.63. The van der Waals surface area contributed by atoms with E-state index in [4.69, 9.17) is 17.3 Å². The molecular formula is C10H13Cl2NO2. The van der Waals surface area contributed by atoms with E-state index in [2.05, 4.69) is 4.74 Å². The molecule has 0 saturated heterocycles. The summed E-state index contributed by atoms with van der Waals surface area (Å²) in [6.07, 6.45) is 0.179. The van der Waals surface area contributed by atoms with Crippen molar-refractivity contribution in [1.82, 2.24) is 0 Å². The van der Waals surface area contributed by atoms with Gasteiger partial charge in [0.25, 0.3) is 0 Å². The number of rotatable bonds is 3. The lowest BCUT2D eigenvalue weighted by molar-refractivity contribution is -0.141. The molecule has 1 rings (SSSR count). The minimum absolute atomic E-state index is 0. The molecule has 0 radical (unpaired) electrons. The summed E-state index contributed by atoms with van der Waals surface area (Å²) in [5.41, 5.74) is 6.65. The number of nitrogens with two attached hydrogens (primary N) is 1. The highest BCUT2D eigenvalue weighted by atomic mass is 35.5. The highest BCUT2D eigenvalue weighted by molar-refractivity contribution is 6.30. The third-order valence-electron chi connectivity index (χ3n) is 1.91. The molecule has 0 bridgehead atoms. The van der Waals surface area contributed by atoms with E-state index in [-0.39, 0.29) is 30.8 Å². The van der Waals surface area contributed by atoms with Crippen LogP contribution >= 0.6 is 24.0 Å². The first-order valence-corrected chi connectivity index (χ1v) is 4.59. The standard InChI is InChI=1S/C10H12ClNO2.ClH/c1-14-10(13)6-9(12)7-2-4-8(11)5-3-7;/h2-5,9H,6,12H2,1H3;1H/t9-;/m1./s1. The summed E-state index contributed by atoms with van der Waals surface area (Å²) in [4.78, 5) is 10.9. The number of benzene rings is 1. The summed E-state index contributed by atoms with van der Waals surface area (Å²) in [5.74, 6) is -0.313. The van der Waals surface area contributed by atoms with Crippen molar-refractivity contribution < 1.29 is 9.53 Å². The molecule has 0 saturated carbocycles. The van der Waals surface area contributed by atoms with E-state index >= 15 is 0 Å². The molecule has 0 spiro atoms. The first-order valence-electron chi connectivity index (χ1n) is 4.21. The Morgan fingerprint density at radius 3 is 2.47 bits per heavy atom. The molecule has 0 aliphatic heterocycles. The van der Waals surface area contributed by atoms with Crippen LogP contribution in [0, 0.1) is 0 Å². The second kappa shape index (κ2) is 6.67. The molecular weight excluding hydrogens is 237 g/mol. The van der Waals surface area contributed by atoms with Crippen LogP contribution in [0.4, 0.5) is 0 Å². The fourth-order valence-corrected chi connectivity index (χ4v) is 1.22. The van der Waals surface area contributed by atoms with Crippen LogP contribution in [0.1, 0.15) is 18.0 Å². The second-order valence-electron chi connectivity index (χ2n) is 2.94. The molecule has 0 aliphatic rings. The number of hydrogen-bond donors (Lipinski definition) is 1. The molecule has 0 heterocycles. The number of carbonyl (C=O) groups excluding carboxylic acids is 1. The molecule has 1 atom stereocenters. The van der Waals surface area contributed by atoms with Crippen LogP contribution in [0.5, 0.6) is 0 Å². The largest absolute Gasteiger partial charge is 0.469 e. The molecule has 0 unspecified atom stereocenters. The van der Waals surface area contributed by atoms with E-state index < -0.39 is 0 Å². The molecule has 0 aromatic heterocycles. The van der Waals surface area contributed by atoms with Gasteiger partial charge in [0.1, 0.15) is 0 Å². The van der Waals surface area contributed by atoms with E-state index in [0.29, 0.717) is 5.02 Å². The van der Waals surface area contributed by atoms with Gasteiger partial charge in [-0.25, -0.2) is 0 Å². The van der Waals surface area contributed by atoms with Crippen molar-refractivity contribution in [2.24, 2.45) is 5.73 Å². The molecule has 1 aromatic rings. The number of halogens is 2. The Kier molecular flexibility index (Phi) is 6.32. The number of ether oxygens (including phenoxy) is 1. The number of carbonyl (C=O) groups is 1. The molecule has 2 N–H and O–H groups in total. The van der Waals surface area contributed by atoms with E-state index in [1.54, 1.807) is 24.3 Å². The highest BCUT2D eigenvalue weighted by Crippen LogP contribution is 2.17. The van der Waals surface area contributed by atoms with Crippen molar-refractivity contribution >= 4 is 30.0 Å². The lowest BCUT2D eigenvalue weighted by Crippen LogP contribution is -2.16. The molecule has 5 heteroatoms. The second-order valence-corrected chi connectivity index (χ2v) is 3.37. The number of hydrogen-bond acceptors (Lipinski definition) is 3. The molecule has 0 fully saturated rings. The van der Waals surface area contributed by atoms with Crippen LogP contribution in [0.15, 0.2) is 24.3 Å². The van der Waals surface area contributed by atoms with E-state index in [9.17, 15) is 4.79 Å². The zero-order chi connectivity index (χ0) is 10.6. The van der Waals surface area contributed by atoms with Gasteiger partial charge in [-0.15, -0.1) is 12.4 Å². The Balaban J connectivity index is 0.00000196. The monoisotopic (exact) mass is 249 g/mol. The number of esters is 1. The van der Waals surface area contributed by atoms with Gasteiger partial charge in [0.15, 0.2) is 0 Å². The minimum Gasteiger partial charge on any atom is -0.469 e. The van der Waals surface area contributed by atoms with Crippen molar-refractivity contribution in [2.75, 3.05) is 7.11 Å². The third kappa shape index (κ3) is 4.51. The van der Waals surface area contributed by atoms with Crippen LogP contribution in [-0.2, 0) is 9.53 Å². The molecule has 0 aliphatic carbocycles. The summed E-state index contributed by atoms with van der Waals surface area (Å²) >= 11 is 5.72. The summed E-state index contributed by atoms with van der Waals surface area (Å²) in [6.45, 7) is 0. The SMILES string of the molecule is COC(=O)C[C@@H](N)c1ccc(Cl)cc1.Cl. The first kappa shape index (κ1) is 14.2. The molecule has 15 heavy (non-hydrogen) atoms. The predicted molar refractivity (Wildman–Crippen MR) is 62.3 cm³/mol. The Morgan fingerprint density at radius 2 is 2.00 bits per heavy atom. The Morgan fingerprint density at radius 1 is 1.47 bits per heavy atom. The zero-order valence-electron chi connectivity index (χ0n) is 8.27. The van der Waals surface area contributed by atoms with Crippen molar-refractivity contribution in [3.63, 3.8) is 0 Å². The Bertz CT molecular complexity index is 314. The molecule has 1 aromatic carbocycles. The third-order valence-corrected chi connectivity index (χ3v) is 2.16. The Hall–Kier alpha value is -0.770. The van der Waals surface area contributed by atoms with E-state index in [1.807, 2.05) is 0 Å². The highest BCUT2D eigenvalue weighted by Gasteiger charge is 2.11. The summed E-state index contributed by atoms with van der Waals surface area (Å²) < 4.78 is 4.52. The van der Waals surface area contributed by atoms with Crippen molar-refractivity contribution in [3.8, 4) is 0 Å². The lowest BCUT2D eigenvalue weighted by Gasteiger charge is -2.10. The maximum Gasteiger partial charge on any atom is 0.307 e. The van der Waals surface area contributed by atoms with Gasteiger partial charge in [0, 0.05) is 11.1 Å². The van der Waals surface area contributed by atoms with Gasteiger partial charge in [-0.2, -0.15) is 0 Å². The predicted octanol–water partition coefficient (Wildman–Crippen LogP) is 2.32. The summed E-state index contributed by atoms with van der Waals surface area (Å²) in [6, 6.07) is 6.76. The van der Waals surface area contributed by atoms with Gasteiger partial charge < -0.3 is 10.5 Å². The van der Waals surface area contributed by atoms with Crippen molar-refractivity contribution in [1.29, 1.82) is 0 Å². The van der Waals surface area contributed by atoms with Crippen LogP contribution in [0.3, 0.4) is 0 Å². The smallest absolute Gasteiger partial charge is 0.307 e. The zero-order valence-corrected chi connectivity index (χ0v) is 9.85. The van der Waals surface area contributed by atoms with Crippen LogP contribution in [0.2, 0.25) is 5.02 Å². The maximum absolute atomic E-state index is 10.9. The van der Waals surface area contributed by atoms with E-state index in [1.165, 1.54) is 7.11 Å². The summed E-state index contributed by atoms with van der Waals surface area (Å²) in [5, 5.41) is 0.652. The van der Waals surface area contributed by atoms with Gasteiger partial charge in [-0.1, -0.05) is 23.7 Å². The van der Waals surface area contributed by atoms with E-state index in [0.717, 1.165) is 5.56 Å². The van der Waals surface area contributed by atoms with Gasteiger partial charge >= 0.3 is 5.97 Å². The van der Waals surface area contributed by atoms with Gasteiger partial charge in [-0.05, 0) is 17.7 Å². The average molecular weight is 250 g/mol. The molecule has 3 nitrogen and oxygen atoms in total. The van der Waals surface area contributed by atoms with Crippen LogP contribution in [-0.4, -0.2) is 13.1 Å². The Labute approximate surface area is 100.0 Å². The van der Waals surface area contributed by atoms with Crippen molar-refractivity contribution in [2.45, 2.75) is 12.5 Å². The number of methoxy groups -OCH3 is 1. The van der Waals surface area contributed by atoms with Crippen LogP contribution in [0.25, 0.3) is 0 Å². The minimum atomic E-state index is -0.334. The normalized spacial score (nSPS) is 11.4. The molecule has 84 valence electrons. The van der Waals surface area contributed by atoms with Crippen molar-refractivity contribution in [3.05, 3.63) is 34.9 Å². The van der Waals surface area contributed by atoms with Gasteiger partial charge in [0.2, 0.25) is 0 Å². The van der Waals surface area contributed by atoms with Crippen LogP contribution < -0.4 is 5.73 Å². The van der Waals surface area contributed by atoms with Gasteiger partial charge in [0.05, 0.1) is 13.5 Å².